The number of phenols is 1. The highest BCUT2D eigenvalue weighted by molar-refractivity contribution is 5.99. The van der Waals surface area contributed by atoms with Crippen LogP contribution in [0.2, 0.25) is 0 Å². The maximum Gasteiger partial charge on any atom is 0.319 e. The summed E-state index contributed by atoms with van der Waals surface area (Å²) >= 11 is 0. The maximum absolute atomic E-state index is 16.5. The van der Waals surface area contributed by atoms with Crippen LogP contribution in [0, 0.1) is 5.82 Å². The molecule has 0 radical (unpaired) electrons. The number of halogens is 1. The van der Waals surface area contributed by atoms with E-state index in [2.05, 4.69) is 25.1 Å². The fraction of sp³-hybridized carbons (Fsp3) is 0.433. The molecule has 5 heterocycles. The van der Waals surface area contributed by atoms with Gasteiger partial charge in [-0.15, -0.1) is 0 Å². The number of anilines is 1. The van der Waals surface area contributed by atoms with Crippen LogP contribution >= 0.6 is 0 Å². The number of nitrogens with one attached hydrogen (secondary N) is 1. The molecule has 3 saturated heterocycles. The second-order valence-electron chi connectivity index (χ2n) is 11.3. The molecule has 7 rings (SSSR count). The Balaban J connectivity index is 1.32. The first kappa shape index (κ1) is 25.4. The Bertz CT molecular complexity index is 1570. The molecule has 2 N–H and O–H groups in total. The molecule has 208 valence electrons. The summed E-state index contributed by atoms with van der Waals surface area (Å²) < 4.78 is 28.2. The molecule has 4 aromatic rings. The number of aromatic hydroxyl groups is 1. The predicted molar refractivity (Wildman–Crippen MR) is 151 cm³/mol. The minimum Gasteiger partial charge on any atom is -0.508 e. The number of likely N-dealkylation sites (N-methyl/N-ethyl adjacent to an activating group) is 1. The molecule has 3 aliphatic heterocycles. The molecular formula is C30H33FN6O3. The first-order valence-electron chi connectivity index (χ1n) is 13.9. The van der Waals surface area contributed by atoms with Crippen LogP contribution in [-0.2, 0) is 4.74 Å². The van der Waals surface area contributed by atoms with Crippen LogP contribution in [0.4, 0.5) is 10.2 Å². The number of likely N-dealkylation sites (tertiary alicyclic amines) is 1. The van der Waals surface area contributed by atoms with Crippen molar-refractivity contribution in [3.63, 3.8) is 0 Å². The number of hydrogen-bond acceptors (Lipinski definition) is 9. The van der Waals surface area contributed by atoms with Gasteiger partial charge in [-0.25, -0.2) is 4.39 Å². The van der Waals surface area contributed by atoms with E-state index in [0.717, 1.165) is 49.7 Å². The molecule has 0 unspecified atom stereocenters. The molecule has 2 bridgehead atoms. The van der Waals surface area contributed by atoms with E-state index in [0.29, 0.717) is 35.5 Å². The number of methoxy groups -OCH3 is 1. The topological polar surface area (TPSA) is 95.9 Å². The Hall–Kier alpha value is -3.60. The molecule has 9 nitrogen and oxygen atoms in total. The summed E-state index contributed by atoms with van der Waals surface area (Å²) in [6, 6.07) is 11.8. The SMILES string of the molecule is CO[C@@H]1C[C@@H](COc2nc(N3C[C@H]4CC[C@@H](C3)N4)c3cnc(-c4cc(O)cc5ccccc45)c(F)c3n2)N(C)C1. The van der Waals surface area contributed by atoms with Crippen molar-refractivity contribution in [1.82, 2.24) is 25.2 Å². The molecule has 2 aromatic heterocycles. The van der Waals surface area contributed by atoms with E-state index in [1.165, 1.54) is 0 Å². The monoisotopic (exact) mass is 544 g/mol. The third-order valence-corrected chi connectivity index (χ3v) is 8.65. The van der Waals surface area contributed by atoms with Gasteiger partial charge in [0, 0.05) is 56.6 Å². The third kappa shape index (κ3) is 4.49. The Labute approximate surface area is 231 Å². The van der Waals surface area contributed by atoms with Gasteiger partial charge < -0.3 is 24.8 Å². The molecule has 4 atom stereocenters. The van der Waals surface area contributed by atoms with E-state index < -0.39 is 5.82 Å². The lowest BCUT2D eigenvalue weighted by atomic mass is 10.0. The second kappa shape index (κ2) is 10.1. The first-order chi connectivity index (χ1) is 19.5. The minimum absolute atomic E-state index is 0.0498. The van der Waals surface area contributed by atoms with Gasteiger partial charge in [-0.1, -0.05) is 24.3 Å². The van der Waals surface area contributed by atoms with Gasteiger partial charge in [-0.05, 0) is 49.2 Å². The van der Waals surface area contributed by atoms with Crippen molar-refractivity contribution in [3.05, 3.63) is 48.4 Å². The lowest BCUT2D eigenvalue weighted by molar-refractivity contribution is 0.111. The lowest BCUT2D eigenvalue weighted by Gasteiger charge is -2.34. The van der Waals surface area contributed by atoms with Gasteiger partial charge in [0.15, 0.2) is 5.82 Å². The number of phenolic OH excluding ortho intramolecular Hbond substituents is 1. The van der Waals surface area contributed by atoms with Crippen molar-refractivity contribution in [2.75, 3.05) is 45.3 Å². The Morgan fingerprint density at radius 3 is 2.65 bits per heavy atom. The van der Waals surface area contributed by atoms with Gasteiger partial charge in [0.25, 0.3) is 0 Å². The summed E-state index contributed by atoms with van der Waals surface area (Å²) in [5.41, 5.74) is 0.808. The quantitative estimate of drug-likeness (QED) is 0.377. The Kier molecular flexibility index (Phi) is 6.41. The van der Waals surface area contributed by atoms with Crippen LogP contribution in [0.25, 0.3) is 32.9 Å². The predicted octanol–water partition coefficient (Wildman–Crippen LogP) is 3.73. The molecule has 0 aliphatic carbocycles. The van der Waals surface area contributed by atoms with Crippen molar-refractivity contribution in [2.45, 2.75) is 43.5 Å². The van der Waals surface area contributed by atoms with Crippen LogP contribution in [-0.4, -0.2) is 89.6 Å². The number of nitrogens with zero attached hydrogens (tertiary/aromatic N) is 5. The highest BCUT2D eigenvalue weighted by atomic mass is 19.1. The summed E-state index contributed by atoms with van der Waals surface area (Å²) in [7, 11) is 3.78. The van der Waals surface area contributed by atoms with Crippen LogP contribution in [0.15, 0.2) is 42.6 Å². The molecule has 3 aliphatic rings. The molecule has 2 aromatic carbocycles. The summed E-state index contributed by atoms with van der Waals surface area (Å²) in [6.45, 7) is 2.78. The molecular weight excluding hydrogens is 511 g/mol. The highest BCUT2D eigenvalue weighted by Crippen LogP contribution is 2.37. The van der Waals surface area contributed by atoms with Crippen LogP contribution in [0.3, 0.4) is 0 Å². The summed E-state index contributed by atoms with van der Waals surface area (Å²) in [6.07, 6.45) is 4.89. The van der Waals surface area contributed by atoms with Gasteiger partial charge in [0.1, 0.15) is 29.4 Å². The minimum atomic E-state index is -0.558. The molecule has 40 heavy (non-hydrogen) atoms. The zero-order valence-corrected chi connectivity index (χ0v) is 22.7. The highest BCUT2D eigenvalue weighted by Gasteiger charge is 2.35. The average Bonchev–Trinajstić information content (AvgIpc) is 3.50. The first-order valence-corrected chi connectivity index (χ1v) is 13.9. The number of aromatic nitrogens is 3. The van der Waals surface area contributed by atoms with Crippen LogP contribution in [0.5, 0.6) is 11.8 Å². The van der Waals surface area contributed by atoms with Gasteiger partial charge in [0.05, 0.1) is 11.5 Å². The normalized spacial score (nSPS) is 24.8. The van der Waals surface area contributed by atoms with Gasteiger partial charge >= 0.3 is 6.01 Å². The molecule has 0 amide bonds. The van der Waals surface area contributed by atoms with E-state index >= 15 is 4.39 Å². The lowest BCUT2D eigenvalue weighted by Crippen LogP contribution is -2.51. The van der Waals surface area contributed by atoms with E-state index in [-0.39, 0.29) is 35.1 Å². The number of pyridine rings is 1. The number of piperazine rings is 1. The van der Waals surface area contributed by atoms with E-state index in [1.807, 2.05) is 31.3 Å². The second-order valence-corrected chi connectivity index (χ2v) is 11.3. The Morgan fingerprint density at radius 1 is 1.07 bits per heavy atom. The van der Waals surface area contributed by atoms with Gasteiger partial charge in [0.2, 0.25) is 0 Å². The maximum atomic E-state index is 16.5. The number of ether oxygens (including phenoxy) is 2. The summed E-state index contributed by atoms with van der Waals surface area (Å²) in [4.78, 5) is 18.4. The number of rotatable bonds is 6. The third-order valence-electron chi connectivity index (χ3n) is 8.65. The van der Waals surface area contributed by atoms with Crippen molar-refractivity contribution >= 4 is 27.5 Å². The van der Waals surface area contributed by atoms with Crippen LogP contribution < -0.4 is 15.0 Å². The fourth-order valence-corrected chi connectivity index (χ4v) is 6.54. The zero-order chi connectivity index (χ0) is 27.4. The van der Waals surface area contributed by atoms with Gasteiger partial charge in [-0.3, -0.25) is 9.88 Å². The Morgan fingerprint density at radius 2 is 1.88 bits per heavy atom. The largest absolute Gasteiger partial charge is 0.508 e. The molecule has 0 saturated carbocycles. The van der Waals surface area contributed by atoms with Crippen LogP contribution in [0.1, 0.15) is 19.3 Å². The van der Waals surface area contributed by atoms with Gasteiger partial charge in [-0.2, -0.15) is 9.97 Å². The standard InChI is InChI=1S/C30H33FN6O3/c1-36-15-22(39-2)10-20(36)16-40-30-34-28-25(29(35-30)37-13-18-7-8-19(14-37)33-18)12-32-27(26(28)31)24-11-21(38)9-17-5-3-4-6-23(17)24/h3-6,9,11-12,18-20,22,33,38H,7-8,10,13-16H2,1-2H3/t18-,19+,20-,22+/m0/s1. The van der Waals surface area contributed by atoms with Crippen molar-refractivity contribution in [1.29, 1.82) is 0 Å². The van der Waals surface area contributed by atoms with E-state index in [9.17, 15) is 5.11 Å². The van der Waals surface area contributed by atoms with E-state index in [1.54, 1.807) is 25.4 Å². The number of hydrogen-bond donors (Lipinski definition) is 2. The number of benzene rings is 2. The van der Waals surface area contributed by atoms with E-state index in [4.69, 9.17) is 14.5 Å². The zero-order valence-electron chi connectivity index (χ0n) is 22.7. The summed E-state index contributed by atoms with van der Waals surface area (Å²) in [5.74, 6) is 0.137. The van der Waals surface area contributed by atoms with Crippen molar-refractivity contribution in [2.24, 2.45) is 0 Å². The number of fused-ring (bicyclic) bond motifs is 4. The molecule has 0 spiro atoms. The molecule has 3 fully saturated rings. The molecule has 10 heteroatoms. The smallest absolute Gasteiger partial charge is 0.319 e. The van der Waals surface area contributed by atoms with Crippen molar-refractivity contribution in [3.8, 4) is 23.0 Å². The fourth-order valence-electron chi connectivity index (χ4n) is 6.54. The summed E-state index contributed by atoms with van der Waals surface area (Å²) in [5, 5.41) is 16.2. The average molecular weight is 545 g/mol. The van der Waals surface area contributed by atoms with Crippen molar-refractivity contribution < 1.29 is 19.0 Å².